The van der Waals surface area contributed by atoms with Gasteiger partial charge >= 0.3 is 6.09 Å². The monoisotopic (exact) mass is 437 g/mol. The minimum Gasteiger partial charge on any atom is -0.444 e. The number of aromatic nitrogens is 3. The summed E-state index contributed by atoms with van der Waals surface area (Å²) in [5.41, 5.74) is 2.34. The number of halogens is 1. The third kappa shape index (κ3) is 3.62. The molecule has 0 bridgehead atoms. The SMILES string of the molecule is CC(C)(C)OC(=O)N1CC(c2nc3c(N4CCOCC4)ccnn3c2Br)C1. The van der Waals surface area contributed by atoms with Crippen molar-refractivity contribution in [1.29, 1.82) is 0 Å². The standard InChI is InChI=1S/C18H24BrN5O3/c1-18(2,3)27-17(25)23-10-12(11-23)14-15(19)24-16(21-14)13(4-5-20-24)22-6-8-26-9-7-22/h4-5,12H,6-11H2,1-3H3. The molecule has 4 heterocycles. The summed E-state index contributed by atoms with van der Waals surface area (Å²) in [5.74, 6) is 0.172. The first kappa shape index (κ1) is 18.5. The van der Waals surface area contributed by atoms with E-state index in [1.54, 1.807) is 11.1 Å². The van der Waals surface area contributed by atoms with Gasteiger partial charge in [-0.05, 0) is 42.8 Å². The average Bonchev–Trinajstić information content (AvgIpc) is 2.90. The number of amides is 1. The molecule has 2 aliphatic rings. The second-order valence-corrected chi connectivity index (χ2v) is 8.67. The molecule has 0 atom stereocenters. The highest BCUT2D eigenvalue weighted by atomic mass is 79.9. The summed E-state index contributed by atoms with van der Waals surface area (Å²) in [6.07, 6.45) is 1.52. The summed E-state index contributed by atoms with van der Waals surface area (Å²) in [6.45, 7) is 9.95. The van der Waals surface area contributed by atoms with Crippen LogP contribution in [0.1, 0.15) is 32.4 Å². The molecule has 0 spiro atoms. The Morgan fingerprint density at radius 2 is 2.00 bits per heavy atom. The lowest BCUT2D eigenvalue weighted by Crippen LogP contribution is -2.50. The van der Waals surface area contributed by atoms with Crippen LogP contribution in [-0.4, -0.2) is 70.6 Å². The third-order valence-electron chi connectivity index (χ3n) is 4.74. The number of rotatable bonds is 2. The molecule has 0 aromatic carbocycles. The fraction of sp³-hybridized carbons (Fsp3) is 0.611. The predicted molar refractivity (Wildman–Crippen MR) is 104 cm³/mol. The number of likely N-dealkylation sites (tertiary alicyclic amines) is 1. The fourth-order valence-electron chi connectivity index (χ4n) is 3.36. The van der Waals surface area contributed by atoms with Gasteiger partial charge in [-0.25, -0.2) is 14.3 Å². The van der Waals surface area contributed by atoms with Crippen LogP contribution in [0.5, 0.6) is 0 Å². The van der Waals surface area contributed by atoms with Gasteiger partial charge in [0.25, 0.3) is 0 Å². The molecule has 8 nitrogen and oxygen atoms in total. The van der Waals surface area contributed by atoms with Gasteiger partial charge in [-0.1, -0.05) is 0 Å². The van der Waals surface area contributed by atoms with E-state index in [4.69, 9.17) is 14.5 Å². The highest BCUT2D eigenvalue weighted by molar-refractivity contribution is 9.10. The van der Waals surface area contributed by atoms with Gasteiger partial charge < -0.3 is 19.3 Å². The molecule has 0 saturated carbocycles. The second-order valence-electron chi connectivity index (χ2n) is 7.92. The molecule has 0 aliphatic carbocycles. The number of ether oxygens (including phenoxy) is 2. The molecule has 2 aromatic heterocycles. The Balaban J connectivity index is 1.54. The highest BCUT2D eigenvalue weighted by Crippen LogP contribution is 2.35. The van der Waals surface area contributed by atoms with E-state index in [0.29, 0.717) is 13.1 Å². The van der Waals surface area contributed by atoms with Crippen LogP contribution < -0.4 is 4.90 Å². The number of carbonyl (C=O) groups is 1. The zero-order chi connectivity index (χ0) is 19.2. The molecule has 2 aliphatic heterocycles. The Kier molecular flexibility index (Phi) is 4.75. The molecule has 27 heavy (non-hydrogen) atoms. The maximum absolute atomic E-state index is 12.2. The van der Waals surface area contributed by atoms with Gasteiger partial charge in [0.1, 0.15) is 10.2 Å². The molecule has 2 aromatic rings. The van der Waals surface area contributed by atoms with Crippen molar-refractivity contribution in [3.63, 3.8) is 0 Å². The lowest BCUT2D eigenvalue weighted by molar-refractivity contribution is 0.00785. The lowest BCUT2D eigenvalue weighted by Gasteiger charge is -2.39. The van der Waals surface area contributed by atoms with Crippen molar-refractivity contribution >= 4 is 33.4 Å². The van der Waals surface area contributed by atoms with Crippen LogP contribution >= 0.6 is 15.9 Å². The van der Waals surface area contributed by atoms with Crippen molar-refractivity contribution in [2.24, 2.45) is 0 Å². The quantitative estimate of drug-likeness (QED) is 0.718. The van der Waals surface area contributed by atoms with E-state index in [-0.39, 0.29) is 12.0 Å². The number of hydrogen-bond acceptors (Lipinski definition) is 6. The first-order valence-electron chi connectivity index (χ1n) is 9.17. The average molecular weight is 438 g/mol. The molecule has 4 rings (SSSR count). The van der Waals surface area contributed by atoms with Crippen LogP contribution in [-0.2, 0) is 9.47 Å². The Morgan fingerprint density at radius 1 is 1.30 bits per heavy atom. The summed E-state index contributed by atoms with van der Waals surface area (Å²) < 4.78 is 13.6. The first-order chi connectivity index (χ1) is 12.8. The van der Waals surface area contributed by atoms with E-state index in [1.807, 2.05) is 31.4 Å². The van der Waals surface area contributed by atoms with E-state index in [1.165, 1.54) is 0 Å². The zero-order valence-electron chi connectivity index (χ0n) is 15.8. The van der Waals surface area contributed by atoms with E-state index in [9.17, 15) is 4.79 Å². The fourth-order valence-corrected chi connectivity index (χ4v) is 4.04. The van der Waals surface area contributed by atoms with Crippen molar-refractivity contribution in [2.75, 3.05) is 44.3 Å². The number of carbonyl (C=O) groups excluding carboxylic acids is 1. The van der Waals surface area contributed by atoms with Gasteiger partial charge in [-0.15, -0.1) is 0 Å². The van der Waals surface area contributed by atoms with Gasteiger partial charge in [0.15, 0.2) is 5.65 Å². The van der Waals surface area contributed by atoms with Crippen LogP contribution in [0.2, 0.25) is 0 Å². The molecule has 2 saturated heterocycles. The number of imidazole rings is 1. The molecule has 146 valence electrons. The number of anilines is 1. The van der Waals surface area contributed by atoms with Crippen molar-refractivity contribution in [1.82, 2.24) is 19.5 Å². The largest absolute Gasteiger partial charge is 0.444 e. The molecule has 0 unspecified atom stereocenters. The number of fused-ring (bicyclic) bond motifs is 1. The van der Waals surface area contributed by atoms with Crippen LogP contribution in [0.4, 0.5) is 10.5 Å². The lowest BCUT2D eigenvalue weighted by atomic mass is 9.98. The highest BCUT2D eigenvalue weighted by Gasteiger charge is 2.37. The van der Waals surface area contributed by atoms with Crippen molar-refractivity contribution in [2.45, 2.75) is 32.3 Å². The summed E-state index contributed by atoms with van der Waals surface area (Å²) in [7, 11) is 0. The van der Waals surface area contributed by atoms with E-state index < -0.39 is 5.60 Å². The van der Waals surface area contributed by atoms with Gasteiger partial charge in [-0.2, -0.15) is 5.10 Å². The van der Waals surface area contributed by atoms with Crippen LogP contribution in [0.15, 0.2) is 16.9 Å². The molecular formula is C18H24BrN5O3. The summed E-state index contributed by atoms with van der Waals surface area (Å²) in [6, 6.07) is 2.00. The normalized spacial score (nSPS) is 18.7. The molecule has 9 heteroatoms. The maximum Gasteiger partial charge on any atom is 0.410 e. The second kappa shape index (κ2) is 6.94. The van der Waals surface area contributed by atoms with E-state index in [0.717, 1.165) is 47.9 Å². The Bertz CT molecular complexity index is 851. The summed E-state index contributed by atoms with van der Waals surface area (Å²) in [5, 5.41) is 4.44. The van der Waals surface area contributed by atoms with Crippen LogP contribution in [0.3, 0.4) is 0 Å². The van der Waals surface area contributed by atoms with Crippen molar-refractivity contribution in [3.05, 3.63) is 22.6 Å². The van der Waals surface area contributed by atoms with Crippen LogP contribution in [0.25, 0.3) is 5.65 Å². The van der Waals surface area contributed by atoms with Gasteiger partial charge in [0.2, 0.25) is 0 Å². The minimum absolute atomic E-state index is 0.172. The molecule has 1 amide bonds. The van der Waals surface area contributed by atoms with E-state index >= 15 is 0 Å². The Hall–Kier alpha value is -1.87. The van der Waals surface area contributed by atoms with Gasteiger partial charge in [-0.3, -0.25) is 0 Å². The number of morpholine rings is 1. The number of nitrogens with zero attached hydrogens (tertiary/aromatic N) is 5. The molecule has 0 N–H and O–H groups in total. The Labute approximate surface area is 166 Å². The van der Waals surface area contributed by atoms with E-state index in [2.05, 4.69) is 25.9 Å². The summed E-state index contributed by atoms with van der Waals surface area (Å²) in [4.78, 5) is 21.0. The van der Waals surface area contributed by atoms with Crippen LogP contribution in [0, 0.1) is 0 Å². The van der Waals surface area contributed by atoms with Crippen molar-refractivity contribution in [3.8, 4) is 0 Å². The van der Waals surface area contributed by atoms with Gasteiger partial charge in [0, 0.05) is 32.1 Å². The Morgan fingerprint density at radius 3 is 2.67 bits per heavy atom. The predicted octanol–water partition coefficient (Wildman–Crippen LogP) is 2.66. The van der Waals surface area contributed by atoms with Gasteiger partial charge in [0.05, 0.1) is 30.8 Å². The first-order valence-corrected chi connectivity index (χ1v) is 9.96. The minimum atomic E-state index is -0.483. The zero-order valence-corrected chi connectivity index (χ0v) is 17.4. The molecular weight excluding hydrogens is 414 g/mol. The number of hydrogen-bond donors (Lipinski definition) is 0. The van der Waals surface area contributed by atoms with Crippen molar-refractivity contribution < 1.29 is 14.3 Å². The third-order valence-corrected chi connectivity index (χ3v) is 5.48. The molecule has 0 radical (unpaired) electrons. The maximum atomic E-state index is 12.2. The molecule has 2 fully saturated rings. The smallest absolute Gasteiger partial charge is 0.410 e. The topological polar surface area (TPSA) is 72.2 Å². The summed E-state index contributed by atoms with van der Waals surface area (Å²) >= 11 is 3.65.